The maximum absolute atomic E-state index is 9.16. The normalized spacial score (nSPS) is 11.1. The maximum Gasteiger partial charge on any atom is 0.131 e. The topological polar surface area (TPSA) is 42.2 Å². The number of ether oxygens (including phenoxy) is 2. The van der Waals surface area contributed by atoms with Crippen LogP contribution in [-0.4, -0.2) is 6.61 Å². The van der Waals surface area contributed by atoms with E-state index in [1.165, 1.54) is 5.56 Å². The molecule has 0 atom stereocenters. The molecule has 0 aliphatic rings. The standard InChI is InChI=1S/C30H35NO2/c1-4-25-20-27(26-16-10-6-11-17-26)29(33-22-24-14-8-5-9-15-24)21-28(25)32-19-13-7-12-18-30(2,3)23-31/h5-6,8-11,14-17,20-21H,4,7,12-13,18-19,22H2,1-3H3. The highest BCUT2D eigenvalue weighted by molar-refractivity contribution is 5.73. The van der Waals surface area contributed by atoms with Gasteiger partial charge in [0, 0.05) is 11.6 Å². The minimum Gasteiger partial charge on any atom is -0.493 e. The zero-order valence-corrected chi connectivity index (χ0v) is 20.1. The summed E-state index contributed by atoms with van der Waals surface area (Å²) in [6.07, 6.45) is 4.90. The molecule has 172 valence electrons. The molecule has 3 nitrogen and oxygen atoms in total. The van der Waals surface area contributed by atoms with E-state index in [0.29, 0.717) is 13.2 Å². The molecule has 3 heteroatoms. The van der Waals surface area contributed by atoms with Crippen molar-refractivity contribution in [2.45, 2.75) is 59.5 Å². The molecule has 0 saturated carbocycles. The summed E-state index contributed by atoms with van der Waals surface area (Å²) in [6, 6.07) is 27.3. The Morgan fingerprint density at radius 2 is 1.52 bits per heavy atom. The lowest BCUT2D eigenvalue weighted by molar-refractivity contribution is 0.286. The molecule has 3 aromatic carbocycles. The first-order valence-corrected chi connectivity index (χ1v) is 12.0. The van der Waals surface area contributed by atoms with Crippen LogP contribution < -0.4 is 9.47 Å². The van der Waals surface area contributed by atoms with E-state index in [0.717, 1.165) is 60.3 Å². The Balaban J connectivity index is 1.72. The average molecular weight is 442 g/mol. The highest BCUT2D eigenvalue weighted by Crippen LogP contribution is 2.37. The monoisotopic (exact) mass is 441 g/mol. The van der Waals surface area contributed by atoms with Crippen molar-refractivity contribution in [1.29, 1.82) is 5.26 Å². The van der Waals surface area contributed by atoms with Crippen molar-refractivity contribution in [3.8, 4) is 28.7 Å². The van der Waals surface area contributed by atoms with E-state index >= 15 is 0 Å². The van der Waals surface area contributed by atoms with Crippen LogP contribution in [0, 0.1) is 16.7 Å². The Bertz CT molecular complexity index is 1040. The fourth-order valence-electron chi connectivity index (χ4n) is 3.80. The number of benzene rings is 3. The molecule has 0 aliphatic heterocycles. The lowest BCUT2D eigenvalue weighted by Gasteiger charge is -2.18. The summed E-state index contributed by atoms with van der Waals surface area (Å²) in [7, 11) is 0. The molecule has 0 radical (unpaired) electrons. The van der Waals surface area contributed by atoms with Gasteiger partial charge in [-0.15, -0.1) is 0 Å². The lowest BCUT2D eigenvalue weighted by Crippen LogP contribution is -2.07. The van der Waals surface area contributed by atoms with Gasteiger partial charge in [0.2, 0.25) is 0 Å². The Morgan fingerprint density at radius 1 is 0.818 bits per heavy atom. The van der Waals surface area contributed by atoms with E-state index in [1.54, 1.807) is 0 Å². The fraction of sp³-hybridized carbons (Fsp3) is 0.367. The van der Waals surface area contributed by atoms with Crippen LogP contribution in [0.3, 0.4) is 0 Å². The molecule has 0 saturated heterocycles. The van der Waals surface area contributed by atoms with E-state index in [-0.39, 0.29) is 5.41 Å². The van der Waals surface area contributed by atoms with Crippen LogP contribution in [0.25, 0.3) is 11.1 Å². The summed E-state index contributed by atoms with van der Waals surface area (Å²) in [5, 5.41) is 9.16. The van der Waals surface area contributed by atoms with Crippen LogP contribution in [0.1, 0.15) is 57.6 Å². The van der Waals surface area contributed by atoms with Crippen molar-refractivity contribution in [2.75, 3.05) is 6.61 Å². The number of nitriles is 1. The summed E-state index contributed by atoms with van der Waals surface area (Å²) < 4.78 is 12.5. The molecule has 0 aliphatic carbocycles. The van der Waals surface area contributed by atoms with Gasteiger partial charge in [-0.25, -0.2) is 0 Å². The van der Waals surface area contributed by atoms with E-state index in [4.69, 9.17) is 14.7 Å². The van der Waals surface area contributed by atoms with E-state index in [1.807, 2.05) is 38.1 Å². The van der Waals surface area contributed by atoms with Gasteiger partial charge in [0.25, 0.3) is 0 Å². The third-order valence-electron chi connectivity index (χ3n) is 5.87. The smallest absolute Gasteiger partial charge is 0.131 e. The SMILES string of the molecule is CCc1cc(-c2ccccc2)c(OCc2ccccc2)cc1OCCCCCC(C)(C)C#N. The molecular formula is C30H35NO2. The van der Waals surface area contributed by atoms with E-state index in [2.05, 4.69) is 61.5 Å². The zero-order chi connectivity index (χ0) is 23.5. The second-order valence-electron chi connectivity index (χ2n) is 9.10. The number of unbranched alkanes of at least 4 members (excludes halogenated alkanes) is 2. The predicted octanol–water partition coefficient (Wildman–Crippen LogP) is 7.98. The van der Waals surface area contributed by atoms with Crippen molar-refractivity contribution >= 4 is 0 Å². The number of hydrogen-bond donors (Lipinski definition) is 0. The molecule has 0 aromatic heterocycles. The molecular weight excluding hydrogens is 406 g/mol. The minimum atomic E-state index is -0.242. The van der Waals surface area contributed by atoms with Crippen molar-refractivity contribution in [3.63, 3.8) is 0 Å². The molecule has 0 amide bonds. The van der Waals surface area contributed by atoms with Gasteiger partial charge in [-0.05, 0) is 55.9 Å². The van der Waals surface area contributed by atoms with Crippen LogP contribution in [-0.2, 0) is 13.0 Å². The predicted molar refractivity (Wildman–Crippen MR) is 135 cm³/mol. The van der Waals surface area contributed by atoms with Gasteiger partial charge < -0.3 is 9.47 Å². The summed E-state index contributed by atoms with van der Waals surface area (Å²) in [5.74, 6) is 1.74. The highest BCUT2D eigenvalue weighted by atomic mass is 16.5. The number of nitrogens with zero attached hydrogens (tertiary/aromatic N) is 1. The number of rotatable bonds is 12. The zero-order valence-electron chi connectivity index (χ0n) is 20.1. The largest absolute Gasteiger partial charge is 0.493 e. The van der Waals surface area contributed by atoms with Crippen LogP contribution in [0.15, 0.2) is 72.8 Å². The van der Waals surface area contributed by atoms with Gasteiger partial charge in [0.05, 0.1) is 18.1 Å². The summed E-state index contributed by atoms with van der Waals surface area (Å²) in [5.41, 5.74) is 4.32. The Kier molecular flexibility index (Phi) is 8.95. The van der Waals surface area contributed by atoms with Crippen molar-refractivity contribution < 1.29 is 9.47 Å². The summed E-state index contributed by atoms with van der Waals surface area (Å²) in [6.45, 7) is 7.35. The Morgan fingerprint density at radius 3 is 2.18 bits per heavy atom. The molecule has 0 fully saturated rings. The molecule has 0 spiro atoms. The molecule has 0 N–H and O–H groups in total. The van der Waals surface area contributed by atoms with Crippen LogP contribution in [0.2, 0.25) is 0 Å². The first-order valence-electron chi connectivity index (χ1n) is 12.0. The Hall–Kier alpha value is -3.25. The van der Waals surface area contributed by atoms with E-state index in [9.17, 15) is 0 Å². The van der Waals surface area contributed by atoms with Crippen LogP contribution >= 0.6 is 0 Å². The third kappa shape index (κ3) is 7.39. The maximum atomic E-state index is 9.16. The third-order valence-corrected chi connectivity index (χ3v) is 5.87. The van der Waals surface area contributed by atoms with Crippen LogP contribution in [0.4, 0.5) is 0 Å². The van der Waals surface area contributed by atoms with E-state index < -0.39 is 0 Å². The van der Waals surface area contributed by atoms with Gasteiger partial charge in [-0.2, -0.15) is 5.26 Å². The number of aryl methyl sites for hydroxylation is 1. The lowest BCUT2D eigenvalue weighted by atomic mass is 9.89. The average Bonchev–Trinajstić information content (AvgIpc) is 2.85. The summed E-state index contributed by atoms with van der Waals surface area (Å²) >= 11 is 0. The van der Waals surface area contributed by atoms with Gasteiger partial charge in [-0.3, -0.25) is 0 Å². The molecule has 0 unspecified atom stereocenters. The van der Waals surface area contributed by atoms with Gasteiger partial charge in [-0.1, -0.05) is 80.4 Å². The van der Waals surface area contributed by atoms with Gasteiger partial charge in [0.15, 0.2) is 0 Å². The van der Waals surface area contributed by atoms with Crippen molar-refractivity contribution in [1.82, 2.24) is 0 Å². The molecule has 3 aromatic rings. The summed E-state index contributed by atoms with van der Waals surface area (Å²) in [4.78, 5) is 0. The van der Waals surface area contributed by atoms with Crippen molar-refractivity contribution in [3.05, 3.63) is 83.9 Å². The first-order chi connectivity index (χ1) is 16.0. The second kappa shape index (κ2) is 12.1. The highest BCUT2D eigenvalue weighted by Gasteiger charge is 2.16. The van der Waals surface area contributed by atoms with Crippen LogP contribution in [0.5, 0.6) is 11.5 Å². The van der Waals surface area contributed by atoms with Crippen molar-refractivity contribution in [2.24, 2.45) is 5.41 Å². The quantitative estimate of drug-likeness (QED) is 0.268. The first kappa shape index (κ1) is 24.4. The van der Waals surface area contributed by atoms with Gasteiger partial charge in [0.1, 0.15) is 18.1 Å². The molecule has 33 heavy (non-hydrogen) atoms. The molecule has 3 rings (SSSR count). The minimum absolute atomic E-state index is 0.242. The number of hydrogen-bond acceptors (Lipinski definition) is 3. The second-order valence-corrected chi connectivity index (χ2v) is 9.10. The Labute approximate surface area is 199 Å². The molecule has 0 bridgehead atoms. The fourth-order valence-corrected chi connectivity index (χ4v) is 3.80. The molecule has 0 heterocycles. The van der Waals surface area contributed by atoms with Gasteiger partial charge >= 0.3 is 0 Å².